The number of benzene rings is 2. The number of fused-ring (bicyclic) bond motifs is 3. The highest BCUT2D eigenvalue weighted by Gasteiger charge is 2.30. The largest absolute Gasteiger partial charge is 0.355 e. The summed E-state index contributed by atoms with van der Waals surface area (Å²) in [4.78, 5) is 15.9. The number of nitrogens with zero attached hydrogens (tertiary/aromatic N) is 2. The van der Waals surface area contributed by atoms with Crippen molar-refractivity contribution in [2.24, 2.45) is 0 Å². The normalized spacial score (nSPS) is 12.4. The zero-order valence-corrected chi connectivity index (χ0v) is 15.0. The van der Waals surface area contributed by atoms with Gasteiger partial charge < -0.3 is 9.42 Å². The van der Waals surface area contributed by atoms with Crippen molar-refractivity contribution in [3.05, 3.63) is 65.4 Å². The van der Waals surface area contributed by atoms with Crippen molar-refractivity contribution in [3.8, 4) is 11.3 Å². The Hall–Kier alpha value is -2.53. The molecule has 1 aromatic heterocycles. The monoisotopic (exact) mass is 350 g/mol. The van der Waals surface area contributed by atoms with Gasteiger partial charge in [0.25, 0.3) is 5.91 Å². The molecule has 0 unspecified atom stereocenters. The molecule has 0 aliphatic carbocycles. The number of thioether (sulfide) groups is 1. The molecule has 0 N–H and O–H groups in total. The van der Waals surface area contributed by atoms with Gasteiger partial charge in [-0.05, 0) is 30.2 Å². The zero-order chi connectivity index (χ0) is 17.4. The summed E-state index contributed by atoms with van der Waals surface area (Å²) in [6, 6.07) is 16.0. The first-order chi connectivity index (χ1) is 12.2. The first-order valence-corrected chi connectivity index (χ1v) is 9.26. The average Bonchev–Trinajstić information content (AvgIpc) is 3.11. The summed E-state index contributed by atoms with van der Waals surface area (Å²) in [5.41, 5.74) is 4.35. The minimum atomic E-state index is -0.133. The molecule has 0 saturated heterocycles. The molecule has 3 aromatic rings. The average molecular weight is 350 g/mol. The Labute approximate surface area is 150 Å². The van der Waals surface area contributed by atoms with Gasteiger partial charge in [0.15, 0.2) is 11.5 Å². The number of anilines is 1. The van der Waals surface area contributed by atoms with E-state index in [1.54, 1.807) is 23.7 Å². The van der Waals surface area contributed by atoms with Crippen LogP contribution in [0.1, 0.15) is 28.5 Å². The third kappa shape index (κ3) is 2.65. The van der Waals surface area contributed by atoms with Crippen molar-refractivity contribution >= 4 is 23.4 Å². The molecule has 0 bridgehead atoms. The topological polar surface area (TPSA) is 46.3 Å². The summed E-state index contributed by atoms with van der Waals surface area (Å²) in [6.45, 7) is 2.09. The van der Waals surface area contributed by atoms with E-state index in [4.69, 9.17) is 4.52 Å². The maximum atomic E-state index is 13.1. The highest BCUT2D eigenvalue weighted by Crippen LogP contribution is 2.42. The van der Waals surface area contributed by atoms with Crippen molar-refractivity contribution in [1.29, 1.82) is 0 Å². The number of aromatic nitrogens is 1. The quantitative estimate of drug-likeness (QED) is 0.681. The standard InChI is InChI=1S/C20H18N2O2S/c1-3-13-8-4-6-10-16(13)22(2)20(23)18-15-12-25-17-11-7-5-9-14(17)19(15)24-21-18/h4-11H,3,12H2,1-2H3. The fraction of sp³-hybridized carbons (Fsp3) is 0.200. The van der Waals surface area contributed by atoms with Gasteiger partial charge in [0.05, 0.1) is 0 Å². The number of carbonyl (C=O) groups is 1. The Bertz CT molecular complexity index is 948. The summed E-state index contributed by atoms with van der Waals surface area (Å²) in [7, 11) is 1.79. The molecule has 25 heavy (non-hydrogen) atoms. The molecule has 1 aliphatic rings. The van der Waals surface area contributed by atoms with Crippen LogP contribution in [0.3, 0.4) is 0 Å². The number of carbonyl (C=O) groups excluding carboxylic acids is 1. The Morgan fingerprint density at radius 1 is 1.20 bits per heavy atom. The fourth-order valence-corrected chi connectivity index (χ4v) is 4.22. The second-order valence-corrected chi connectivity index (χ2v) is 6.99. The van der Waals surface area contributed by atoms with E-state index in [-0.39, 0.29) is 5.91 Å². The van der Waals surface area contributed by atoms with E-state index in [9.17, 15) is 4.79 Å². The smallest absolute Gasteiger partial charge is 0.280 e. The third-order valence-electron chi connectivity index (χ3n) is 4.53. The summed E-state index contributed by atoms with van der Waals surface area (Å²) in [5.74, 6) is 1.28. The second-order valence-electron chi connectivity index (χ2n) is 5.97. The van der Waals surface area contributed by atoms with Crippen LogP contribution >= 0.6 is 11.8 Å². The maximum Gasteiger partial charge on any atom is 0.280 e. The lowest BCUT2D eigenvalue weighted by molar-refractivity contribution is 0.0983. The number of hydrogen-bond donors (Lipinski definition) is 0. The molecule has 0 saturated carbocycles. The number of rotatable bonds is 3. The van der Waals surface area contributed by atoms with Crippen molar-refractivity contribution in [3.63, 3.8) is 0 Å². The lowest BCUT2D eigenvalue weighted by atomic mass is 10.1. The summed E-state index contributed by atoms with van der Waals surface area (Å²) < 4.78 is 5.57. The molecule has 1 aliphatic heterocycles. The fourth-order valence-electron chi connectivity index (χ4n) is 3.16. The van der Waals surface area contributed by atoms with Gasteiger partial charge in [-0.2, -0.15) is 0 Å². The van der Waals surface area contributed by atoms with Crippen molar-refractivity contribution in [1.82, 2.24) is 5.16 Å². The van der Waals surface area contributed by atoms with Crippen LogP contribution in [-0.4, -0.2) is 18.1 Å². The maximum absolute atomic E-state index is 13.1. The van der Waals surface area contributed by atoms with Crippen LogP contribution < -0.4 is 4.90 Å². The lowest BCUT2D eigenvalue weighted by Crippen LogP contribution is -2.28. The van der Waals surface area contributed by atoms with E-state index in [0.29, 0.717) is 11.4 Å². The zero-order valence-electron chi connectivity index (χ0n) is 14.2. The molecule has 1 amide bonds. The highest BCUT2D eigenvalue weighted by molar-refractivity contribution is 7.98. The van der Waals surface area contributed by atoms with Gasteiger partial charge in [-0.1, -0.05) is 42.4 Å². The number of aryl methyl sites for hydroxylation is 1. The molecule has 0 radical (unpaired) electrons. The molecule has 0 fully saturated rings. The van der Waals surface area contributed by atoms with E-state index in [2.05, 4.69) is 18.1 Å². The Morgan fingerprint density at radius 2 is 1.96 bits per heavy atom. The van der Waals surface area contributed by atoms with Gasteiger partial charge in [-0.25, -0.2) is 0 Å². The van der Waals surface area contributed by atoms with Crippen LogP contribution in [0, 0.1) is 0 Å². The van der Waals surface area contributed by atoms with E-state index in [1.165, 1.54) is 0 Å². The molecular formula is C20H18N2O2S. The lowest BCUT2D eigenvalue weighted by Gasteiger charge is -2.20. The first kappa shape index (κ1) is 16.0. The number of amides is 1. The molecule has 2 heterocycles. The Kier molecular flexibility index (Phi) is 4.09. The van der Waals surface area contributed by atoms with E-state index < -0.39 is 0 Å². The van der Waals surface area contributed by atoms with Gasteiger partial charge in [0.2, 0.25) is 0 Å². The Morgan fingerprint density at radius 3 is 2.80 bits per heavy atom. The predicted molar refractivity (Wildman–Crippen MR) is 100 cm³/mol. The molecule has 4 nitrogen and oxygen atoms in total. The van der Waals surface area contributed by atoms with E-state index in [1.807, 2.05) is 42.5 Å². The number of hydrogen-bond acceptors (Lipinski definition) is 4. The number of para-hydroxylation sites is 1. The van der Waals surface area contributed by atoms with Crippen molar-refractivity contribution in [2.75, 3.05) is 11.9 Å². The third-order valence-corrected chi connectivity index (χ3v) is 5.63. The van der Waals surface area contributed by atoms with Crippen LogP contribution in [0.2, 0.25) is 0 Å². The van der Waals surface area contributed by atoms with Crippen molar-refractivity contribution < 1.29 is 9.32 Å². The van der Waals surface area contributed by atoms with Gasteiger partial charge >= 0.3 is 0 Å². The van der Waals surface area contributed by atoms with Gasteiger partial charge in [-0.3, -0.25) is 4.79 Å². The van der Waals surface area contributed by atoms with Crippen LogP contribution in [0.4, 0.5) is 5.69 Å². The van der Waals surface area contributed by atoms with E-state index >= 15 is 0 Å². The van der Waals surface area contributed by atoms with E-state index in [0.717, 1.165) is 39.5 Å². The molecule has 0 spiro atoms. The first-order valence-electron chi connectivity index (χ1n) is 8.27. The SMILES string of the molecule is CCc1ccccc1N(C)C(=O)c1noc2c1CSc1ccccc1-2. The minimum Gasteiger partial charge on any atom is -0.355 e. The highest BCUT2D eigenvalue weighted by atomic mass is 32.2. The summed E-state index contributed by atoms with van der Waals surface area (Å²) in [5, 5.41) is 4.12. The van der Waals surface area contributed by atoms with Crippen LogP contribution in [-0.2, 0) is 12.2 Å². The summed E-state index contributed by atoms with van der Waals surface area (Å²) in [6.07, 6.45) is 0.869. The Balaban J connectivity index is 1.72. The van der Waals surface area contributed by atoms with Gasteiger partial charge in [0.1, 0.15) is 0 Å². The second kappa shape index (κ2) is 6.41. The predicted octanol–water partition coefficient (Wildman–Crippen LogP) is 4.79. The summed E-state index contributed by atoms with van der Waals surface area (Å²) >= 11 is 1.71. The minimum absolute atomic E-state index is 0.133. The van der Waals surface area contributed by atoms with Crippen molar-refractivity contribution in [2.45, 2.75) is 24.0 Å². The molecule has 2 aromatic carbocycles. The molecule has 4 rings (SSSR count). The van der Waals surface area contributed by atoms with Crippen LogP contribution in [0.15, 0.2) is 57.9 Å². The molecular weight excluding hydrogens is 332 g/mol. The molecule has 0 atom stereocenters. The molecule has 5 heteroatoms. The van der Waals surface area contributed by atoms with Crippen LogP contribution in [0.5, 0.6) is 0 Å². The van der Waals surface area contributed by atoms with Gasteiger partial charge in [-0.15, -0.1) is 11.8 Å². The van der Waals surface area contributed by atoms with Crippen LogP contribution in [0.25, 0.3) is 11.3 Å². The van der Waals surface area contributed by atoms with Gasteiger partial charge in [0, 0.05) is 34.5 Å². The molecule has 126 valence electrons.